The molecule has 2 amide bonds. The van der Waals surface area contributed by atoms with Gasteiger partial charge in [0, 0.05) is 17.5 Å². The zero-order valence-electron chi connectivity index (χ0n) is 13.8. The summed E-state index contributed by atoms with van der Waals surface area (Å²) in [6.45, 7) is 1.73. The summed E-state index contributed by atoms with van der Waals surface area (Å²) < 4.78 is 10.5. The highest BCUT2D eigenvalue weighted by Gasteiger charge is 2.21. The quantitative estimate of drug-likeness (QED) is 0.833. The fourth-order valence-electron chi connectivity index (χ4n) is 2.17. The fraction of sp³-hybridized carbons (Fsp3) is 0.294. The number of hydrogen-bond donors (Lipinski definition) is 1. The number of benzene rings is 1. The Kier molecular flexibility index (Phi) is 5.81. The van der Waals surface area contributed by atoms with E-state index in [4.69, 9.17) is 15.2 Å². The Hall–Kier alpha value is -2.54. The van der Waals surface area contributed by atoms with Gasteiger partial charge >= 0.3 is 0 Å². The summed E-state index contributed by atoms with van der Waals surface area (Å²) in [5.74, 6) is 0.0263. The van der Waals surface area contributed by atoms with E-state index in [2.05, 4.69) is 0 Å². The Morgan fingerprint density at radius 2 is 2.04 bits per heavy atom. The van der Waals surface area contributed by atoms with Crippen molar-refractivity contribution >= 4 is 23.2 Å². The molecule has 1 heterocycles. The van der Waals surface area contributed by atoms with Crippen molar-refractivity contribution in [1.29, 1.82) is 0 Å². The molecule has 6 nitrogen and oxygen atoms in total. The molecule has 0 bridgehead atoms. The van der Waals surface area contributed by atoms with Gasteiger partial charge in [-0.1, -0.05) is 6.07 Å². The number of amides is 2. The van der Waals surface area contributed by atoms with Gasteiger partial charge in [-0.2, -0.15) is 0 Å². The minimum Gasteiger partial charge on any atom is -0.493 e. The van der Waals surface area contributed by atoms with Gasteiger partial charge in [-0.15, -0.1) is 11.3 Å². The van der Waals surface area contributed by atoms with Crippen LogP contribution in [0.25, 0.3) is 0 Å². The first-order valence-electron chi connectivity index (χ1n) is 7.33. The predicted molar refractivity (Wildman–Crippen MR) is 92.5 cm³/mol. The average Bonchev–Trinajstić information content (AvgIpc) is 3.12. The molecule has 0 aliphatic rings. The highest BCUT2D eigenvalue weighted by atomic mass is 32.1. The molecular weight excluding hydrogens is 328 g/mol. The fourth-order valence-corrected chi connectivity index (χ4v) is 2.99. The molecule has 128 valence electrons. The topological polar surface area (TPSA) is 81.9 Å². The molecule has 1 aromatic heterocycles. The Labute approximate surface area is 144 Å². The maximum atomic E-state index is 12.7. The smallest absolute Gasteiger partial charge is 0.255 e. The Bertz CT molecular complexity index is 715. The number of hydrogen-bond acceptors (Lipinski definition) is 5. The van der Waals surface area contributed by atoms with Crippen molar-refractivity contribution in [1.82, 2.24) is 4.90 Å². The molecule has 0 saturated carbocycles. The molecule has 2 N–H and O–H groups in total. The molecule has 24 heavy (non-hydrogen) atoms. The van der Waals surface area contributed by atoms with Gasteiger partial charge in [0.25, 0.3) is 11.8 Å². The van der Waals surface area contributed by atoms with Gasteiger partial charge in [-0.25, -0.2) is 0 Å². The third kappa shape index (κ3) is 4.05. The van der Waals surface area contributed by atoms with Crippen molar-refractivity contribution in [3.63, 3.8) is 0 Å². The van der Waals surface area contributed by atoms with Crippen LogP contribution in [0.5, 0.6) is 11.5 Å². The maximum absolute atomic E-state index is 12.7. The van der Waals surface area contributed by atoms with Gasteiger partial charge < -0.3 is 20.1 Å². The van der Waals surface area contributed by atoms with Crippen molar-refractivity contribution in [2.75, 3.05) is 20.8 Å². The summed E-state index contributed by atoms with van der Waals surface area (Å²) in [5.41, 5.74) is 5.54. The van der Waals surface area contributed by atoms with Crippen molar-refractivity contribution in [3.8, 4) is 11.5 Å². The largest absolute Gasteiger partial charge is 0.493 e. The summed E-state index contributed by atoms with van der Waals surface area (Å²) in [7, 11) is 3.23. The lowest BCUT2D eigenvalue weighted by molar-refractivity contribution is -0.119. The lowest BCUT2D eigenvalue weighted by Gasteiger charge is -2.24. The van der Waals surface area contributed by atoms with Crippen LogP contribution in [0, 0.1) is 0 Å². The van der Waals surface area contributed by atoms with Crippen LogP contribution >= 0.6 is 11.3 Å². The maximum Gasteiger partial charge on any atom is 0.255 e. The van der Waals surface area contributed by atoms with Crippen LogP contribution in [0.15, 0.2) is 35.7 Å². The second-order valence-corrected chi connectivity index (χ2v) is 6.21. The van der Waals surface area contributed by atoms with Crippen LogP contribution < -0.4 is 15.2 Å². The molecule has 0 aliphatic carbocycles. The average molecular weight is 348 g/mol. The van der Waals surface area contributed by atoms with Crippen molar-refractivity contribution < 1.29 is 19.1 Å². The van der Waals surface area contributed by atoms with Crippen molar-refractivity contribution in [2.45, 2.75) is 13.0 Å². The van der Waals surface area contributed by atoms with E-state index in [0.717, 1.165) is 4.88 Å². The SMILES string of the molecule is COc1cc(C(=O)N(C)[C@@H](C)c2cccs2)ccc1OCC(N)=O. The number of nitrogens with zero attached hydrogens (tertiary/aromatic N) is 1. The lowest BCUT2D eigenvalue weighted by atomic mass is 10.1. The minimum absolute atomic E-state index is 0.0331. The summed E-state index contributed by atoms with van der Waals surface area (Å²) in [5, 5.41) is 1.98. The monoisotopic (exact) mass is 348 g/mol. The van der Waals surface area contributed by atoms with E-state index in [1.165, 1.54) is 7.11 Å². The number of carbonyl (C=O) groups is 2. The van der Waals surface area contributed by atoms with Crippen molar-refractivity contribution in [3.05, 3.63) is 46.2 Å². The van der Waals surface area contributed by atoms with E-state index in [1.807, 2.05) is 24.4 Å². The first-order valence-corrected chi connectivity index (χ1v) is 8.21. The molecule has 0 aliphatic heterocycles. The van der Waals surface area contributed by atoms with E-state index in [0.29, 0.717) is 17.1 Å². The summed E-state index contributed by atoms with van der Waals surface area (Å²) in [6.07, 6.45) is 0. The summed E-state index contributed by atoms with van der Waals surface area (Å²) in [4.78, 5) is 26.3. The molecule has 7 heteroatoms. The zero-order chi connectivity index (χ0) is 17.7. The van der Waals surface area contributed by atoms with E-state index in [1.54, 1.807) is 41.5 Å². The Morgan fingerprint density at radius 1 is 1.29 bits per heavy atom. The lowest BCUT2D eigenvalue weighted by Crippen LogP contribution is -2.29. The summed E-state index contributed by atoms with van der Waals surface area (Å²) in [6, 6.07) is 8.76. The van der Waals surface area contributed by atoms with Gasteiger partial charge in [0.2, 0.25) is 0 Å². The molecule has 2 rings (SSSR count). The third-order valence-corrected chi connectivity index (χ3v) is 4.68. The number of nitrogens with two attached hydrogens (primary N) is 1. The molecule has 0 unspecified atom stereocenters. The van der Waals surface area contributed by atoms with E-state index in [-0.39, 0.29) is 18.6 Å². The van der Waals surface area contributed by atoms with Crippen molar-refractivity contribution in [2.24, 2.45) is 5.73 Å². The standard InChI is InChI=1S/C17H20N2O4S/c1-11(15-5-4-8-24-15)19(2)17(21)12-6-7-13(14(9-12)22-3)23-10-16(18)20/h4-9,11H,10H2,1-3H3,(H2,18,20)/t11-/m0/s1. The van der Waals surface area contributed by atoms with E-state index < -0.39 is 5.91 Å². The van der Waals surface area contributed by atoms with E-state index >= 15 is 0 Å². The van der Waals surface area contributed by atoms with Crippen LogP contribution in [0.2, 0.25) is 0 Å². The molecule has 0 spiro atoms. The zero-order valence-corrected chi connectivity index (χ0v) is 14.6. The number of primary amides is 1. The van der Waals surface area contributed by atoms with Crippen LogP contribution in [0.4, 0.5) is 0 Å². The molecule has 0 fully saturated rings. The van der Waals surface area contributed by atoms with Gasteiger partial charge in [0.1, 0.15) is 0 Å². The predicted octanol–water partition coefficient (Wildman–Crippen LogP) is 2.45. The molecule has 2 aromatic rings. The van der Waals surface area contributed by atoms with E-state index in [9.17, 15) is 9.59 Å². The van der Waals surface area contributed by atoms with Gasteiger partial charge in [0.05, 0.1) is 13.2 Å². The van der Waals surface area contributed by atoms with Gasteiger partial charge in [0.15, 0.2) is 18.1 Å². The van der Waals surface area contributed by atoms with Crippen LogP contribution in [0.3, 0.4) is 0 Å². The van der Waals surface area contributed by atoms with Crippen LogP contribution in [0.1, 0.15) is 28.2 Å². The van der Waals surface area contributed by atoms with Crippen LogP contribution in [-0.4, -0.2) is 37.5 Å². The van der Waals surface area contributed by atoms with Gasteiger partial charge in [-0.05, 0) is 36.6 Å². The third-order valence-electron chi connectivity index (χ3n) is 3.64. The number of methoxy groups -OCH3 is 1. The number of carbonyl (C=O) groups excluding carboxylic acids is 2. The first kappa shape index (κ1) is 17.8. The summed E-state index contributed by atoms with van der Waals surface area (Å²) >= 11 is 1.61. The second-order valence-electron chi connectivity index (χ2n) is 5.23. The number of rotatable bonds is 7. The number of thiophene rings is 1. The highest BCUT2D eigenvalue weighted by Crippen LogP contribution is 2.30. The highest BCUT2D eigenvalue weighted by molar-refractivity contribution is 7.10. The molecule has 0 saturated heterocycles. The van der Waals surface area contributed by atoms with Gasteiger partial charge in [-0.3, -0.25) is 9.59 Å². The first-order chi connectivity index (χ1) is 11.4. The van der Waals surface area contributed by atoms with Crippen LogP contribution in [-0.2, 0) is 4.79 Å². The minimum atomic E-state index is -0.582. The molecule has 1 atom stereocenters. The molecule has 0 radical (unpaired) electrons. The molecule has 1 aromatic carbocycles. The Balaban J connectivity index is 2.18. The second kappa shape index (κ2) is 7.83. The normalized spacial score (nSPS) is 11.6. The number of ether oxygens (including phenoxy) is 2. The Morgan fingerprint density at radius 3 is 2.62 bits per heavy atom. The molecular formula is C17H20N2O4S.